The Morgan fingerprint density at radius 2 is 1.68 bits per heavy atom. The molecule has 0 aliphatic heterocycles. The minimum atomic E-state index is 0.843. The summed E-state index contributed by atoms with van der Waals surface area (Å²) in [7, 11) is 1.67. The van der Waals surface area contributed by atoms with Gasteiger partial charge in [-0.3, -0.25) is 4.57 Å². The van der Waals surface area contributed by atoms with Crippen molar-refractivity contribution in [2.75, 3.05) is 7.11 Å². The van der Waals surface area contributed by atoms with Crippen LogP contribution >= 0.6 is 0 Å². The van der Waals surface area contributed by atoms with E-state index in [4.69, 9.17) is 9.72 Å². The number of pyridine rings is 1. The first-order chi connectivity index (χ1) is 12.3. The molecule has 122 valence electrons. The Morgan fingerprint density at radius 3 is 2.44 bits per heavy atom. The highest BCUT2D eigenvalue weighted by Gasteiger charge is 2.10. The van der Waals surface area contributed by atoms with E-state index in [0.717, 1.165) is 34.0 Å². The molecule has 4 rings (SSSR count). The largest absolute Gasteiger partial charge is 0.497 e. The van der Waals surface area contributed by atoms with Gasteiger partial charge in [0.1, 0.15) is 17.4 Å². The van der Waals surface area contributed by atoms with Crippen LogP contribution in [0.1, 0.15) is 11.4 Å². The molecule has 4 heteroatoms. The standard InChI is InChI=1S/C21H17N3O/c1-25-17-12-9-16(10-13-17)11-14-21-23-18-6-2-3-7-19(18)24(21)20-8-4-5-15-22-20/h2-15H,1H3. The quantitative estimate of drug-likeness (QED) is 0.550. The topological polar surface area (TPSA) is 39.9 Å². The van der Waals surface area contributed by atoms with Crippen LogP contribution in [-0.4, -0.2) is 21.6 Å². The predicted octanol–water partition coefficient (Wildman–Crippen LogP) is 4.60. The summed E-state index contributed by atoms with van der Waals surface area (Å²) in [5.74, 6) is 2.54. The molecule has 0 spiro atoms. The Labute approximate surface area is 146 Å². The van der Waals surface area contributed by atoms with Crippen molar-refractivity contribution in [3.63, 3.8) is 0 Å². The molecule has 2 heterocycles. The van der Waals surface area contributed by atoms with E-state index in [1.165, 1.54) is 0 Å². The number of methoxy groups -OCH3 is 1. The second-order valence-corrected chi connectivity index (χ2v) is 5.59. The Hall–Kier alpha value is -3.40. The molecule has 4 aromatic rings. The van der Waals surface area contributed by atoms with E-state index in [0.29, 0.717) is 0 Å². The minimum Gasteiger partial charge on any atom is -0.497 e. The van der Waals surface area contributed by atoms with Gasteiger partial charge >= 0.3 is 0 Å². The molecular weight excluding hydrogens is 310 g/mol. The van der Waals surface area contributed by atoms with Crippen LogP contribution in [0.15, 0.2) is 72.9 Å². The van der Waals surface area contributed by atoms with Crippen LogP contribution in [0.5, 0.6) is 5.75 Å². The molecule has 2 aromatic heterocycles. The van der Waals surface area contributed by atoms with Gasteiger partial charge in [0.05, 0.1) is 18.1 Å². The predicted molar refractivity (Wildman–Crippen MR) is 101 cm³/mol. The zero-order chi connectivity index (χ0) is 17.1. The Morgan fingerprint density at radius 1 is 0.880 bits per heavy atom. The lowest BCUT2D eigenvalue weighted by Crippen LogP contribution is -1.99. The molecule has 0 aliphatic rings. The molecule has 4 nitrogen and oxygen atoms in total. The lowest BCUT2D eigenvalue weighted by atomic mass is 10.2. The van der Waals surface area contributed by atoms with Crippen molar-refractivity contribution < 1.29 is 4.74 Å². The summed E-state index contributed by atoms with van der Waals surface area (Å²) in [5.41, 5.74) is 3.07. The Bertz CT molecular complexity index is 1020. The number of para-hydroxylation sites is 2. The van der Waals surface area contributed by atoms with Crippen LogP contribution < -0.4 is 4.74 Å². The first kappa shape index (κ1) is 15.1. The van der Waals surface area contributed by atoms with Crippen molar-refractivity contribution in [3.8, 4) is 11.6 Å². The summed E-state index contributed by atoms with van der Waals surface area (Å²) < 4.78 is 7.26. The number of nitrogens with zero attached hydrogens (tertiary/aromatic N) is 3. The number of ether oxygens (including phenoxy) is 1. The van der Waals surface area contributed by atoms with Crippen LogP contribution in [0.2, 0.25) is 0 Å². The highest BCUT2D eigenvalue weighted by molar-refractivity contribution is 5.81. The third kappa shape index (κ3) is 3.02. The minimum absolute atomic E-state index is 0.843. The van der Waals surface area contributed by atoms with E-state index >= 15 is 0 Å². The van der Waals surface area contributed by atoms with Crippen molar-refractivity contribution in [1.82, 2.24) is 14.5 Å². The maximum absolute atomic E-state index is 5.20. The molecule has 0 bridgehead atoms. The number of fused-ring (bicyclic) bond motifs is 1. The average molecular weight is 327 g/mol. The first-order valence-corrected chi connectivity index (χ1v) is 8.06. The number of hydrogen-bond donors (Lipinski definition) is 0. The zero-order valence-electron chi connectivity index (χ0n) is 13.8. The maximum Gasteiger partial charge on any atom is 0.139 e. The molecular formula is C21H17N3O. The summed E-state index contributed by atoms with van der Waals surface area (Å²) in [6.45, 7) is 0. The second kappa shape index (κ2) is 6.61. The van der Waals surface area contributed by atoms with E-state index < -0.39 is 0 Å². The fraction of sp³-hybridized carbons (Fsp3) is 0.0476. The molecule has 25 heavy (non-hydrogen) atoms. The van der Waals surface area contributed by atoms with Gasteiger partial charge in [0, 0.05) is 6.20 Å². The molecule has 0 radical (unpaired) electrons. The van der Waals surface area contributed by atoms with Crippen LogP contribution in [0.3, 0.4) is 0 Å². The van der Waals surface area contributed by atoms with Crippen molar-refractivity contribution in [2.24, 2.45) is 0 Å². The smallest absolute Gasteiger partial charge is 0.139 e. The van der Waals surface area contributed by atoms with Gasteiger partial charge in [-0.2, -0.15) is 0 Å². The summed E-state index contributed by atoms with van der Waals surface area (Å²) >= 11 is 0. The van der Waals surface area contributed by atoms with Crippen LogP contribution in [0, 0.1) is 0 Å². The second-order valence-electron chi connectivity index (χ2n) is 5.59. The van der Waals surface area contributed by atoms with Crippen LogP contribution in [-0.2, 0) is 0 Å². The Balaban J connectivity index is 1.79. The molecule has 0 amide bonds. The van der Waals surface area contributed by atoms with Crippen molar-refractivity contribution in [1.29, 1.82) is 0 Å². The SMILES string of the molecule is COc1ccc(C=Cc2nc3ccccc3n2-c2ccccn2)cc1. The zero-order valence-corrected chi connectivity index (χ0v) is 13.8. The normalized spacial score (nSPS) is 11.2. The molecule has 0 aliphatic carbocycles. The summed E-state index contributed by atoms with van der Waals surface area (Å²) in [6.07, 6.45) is 5.84. The molecule has 0 atom stereocenters. The van der Waals surface area contributed by atoms with Crippen molar-refractivity contribution in [3.05, 3.63) is 84.3 Å². The highest BCUT2D eigenvalue weighted by Crippen LogP contribution is 2.22. The third-order valence-electron chi connectivity index (χ3n) is 4.01. The van der Waals surface area contributed by atoms with Gasteiger partial charge in [0.2, 0.25) is 0 Å². The summed E-state index contributed by atoms with van der Waals surface area (Å²) in [4.78, 5) is 9.23. The molecule has 2 aromatic carbocycles. The fourth-order valence-corrected chi connectivity index (χ4v) is 2.77. The molecule has 0 unspecified atom stereocenters. The van der Waals surface area contributed by atoms with Gasteiger partial charge in [-0.1, -0.05) is 36.4 Å². The third-order valence-corrected chi connectivity index (χ3v) is 4.01. The van der Waals surface area contributed by atoms with Gasteiger partial charge in [-0.05, 0) is 48.0 Å². The van der Waals surface area contributed by atoms with E-state index in [1.807, 2.05) is 72.8 Å². The van der Waals surface area contributed by atoms with E-state index in [9.17, 15) is 0 Å². The first-order valence-electron chi connectivity index (χ1n) is 8.06. The number of benzene rings is 2. The number of aromatic nitrogens is 3. The van der Waals surface area contributed by atoms with Crippen molar-refractivity contribution in [2.45, 2.75) is 0 Å². The van der Waals surface area contributed by atoms with E-state index in [1.54, 1.807) is 13.3 Å². The number of imidazole rings is 1. The Kier molecular flexibility index (Phi) is 4.01. The maximum atomic E-state index is 5.20. The summed E-state index contributed by atoms with van der Waals surface area (Å²) in [5, 5.41) is 0. The monoisotopic (exact) mass is 327 g/mol. The van der Waals surface area contributed by atoms with Gasteiger partial charge in [0.25, 0.3) is 0 Å². The van der Waals surface area contributed by atoms with Gasteiger partial charge in [-0.25, -0.2) is 9.97 Å². The summed E-state index contributed by atoms with van der Waals surface area (Å²) in [6, 6.07) is 21.9. The van der Waals surface area contributed by atoms with Crippen molar-refractivity contribution >= 4 is 23.2 Å². The number of rotatable bonds is 4. The molecule has 0 saturated heterocycles. The van der Waals surface area contributed by atoms with E-state index in [2.05, 4.69) is 15.6 Å². The van der Waals surface area contributed by atoms with Crippen LogP contribution in [0.4, 0.5) is 0 Å². The lowest BCUT2D eigenvalue weighted by Gasteiger charge is -2.05. The van der Waals surface area contributed by atoms with Gasteiger partial charge < -0.3 is 4.74 Å². The average Bonchev–Trinajstić information content (AvgIpc) is 3.06. The molecule has 0 saturated carbocycles. The molecule has 0 N–H and O–H groups in total. The fourth-order valence-electron chi connectivity index (χ4n) is 2.77. The lowest BCUT2D eigenvalue weighted by molar-refractivity contribution is 0.415. The highest BCUT2D eigenvalue weighted by atomic mass is 16.5. The van der Waals surface area contributed by atoms with E-state index in [-0.39, 0.29) is 0 Å². The number of hydrogen-bond acceptors (Lipinski definition) is 3. The van der Waals surface area contributed by atoms with Crippen LogP contribution in [0.25, 0.3) is 29.0 Å². The molecule has 0 fully saturated rings. The van der Waals surface area contributed by atoms with Gasteiger partial charge in [-0.15, -0.1) is 0 Å². The van der Waals surface area contributed by atoms with Gasteiger partial charge in [0.15, 0.2) is 0 Å².